The summed E-state index contributed by atoms with van der Waals surface area (Å²) >= 11 is 0. The zero-order valence-electron chi connectivity index (χ0n) is 15.7. The topological polar surface area (TPSA) is 154 Å². The van der Waals surface area contributed by atoms with E-state index >= 15 is 0 Å². The summed E-state index contributed by atoms with van der Waals surface area (Å²) in [6.07, 6.45) is -2.25. The Balaban J connectivity index is 4.01. The van der Waals surface area contributed by atoms with Crippen molar-refractivity contribution in [2.45, 2.75) is 70.8 Å². The van der Waals surface area contributed by atoms with Crippen LogP contribution in [0.3, 0.4) is 0 Å². The quantitative estimate of drug-likeness (QED) is 0.264. The van der Waals surface area contributed by atoms with Gasteiger partial charge in [0.25, 0.3) is 0 Å². The number of carboxylic acids is 2. The van der Waals surface area contributed by atoms with Gasteiger partial charge in [-0.1, -0.05) is 0 Å². The molecule has 0 aliphatic carbocycles. The van der Waals surface area contributed by atoms with Crippen LogP contribution in [-0.4, -0.2) is 58.8 Å². The van der Waals surface area contributed by atoms with Gasteiger partial charge in [0.1, 0.15) is 11.6 Å². The van der Waals surface area contributed by atoms with Gasteiger partial charge in [0.2, 0.25) is 0 Å². The highest BCUT2D eigenvalue weighted by Crippen LogP contribution is 2.07. The van der Waals surface area contributed by atoms with Gasteiger partial charge < -0.3 is 30.9 Å². The number of unbranched alkanes of at least 4 members (excludes halogenated alkanes) is 1. The van der Waals surface area contributed by atoms with Crippen LogP contribution >= 0.6 is 0 Å². The Morgan fingerprint density at radius 2 is 1.67 bits per heavy atom. The van der Waals surface area contributed by atoms with E-state index in [2.05, 4.69) is 5.32 Å². The number of urea groups is 1. The number of alkyl carbamates (subject to hydrolysis) is 1. The molecule has 27 heavy (non-hydrogen) atoms. The number of halogens is 1. The van der Waals surface area contributed by atoms with Crippen LogP contribution < -0.4 is 16.0 Å². The standard InChI is InChI=1S/C16H28FN3O7/c1-16(2,3)27-15(26)18-9-5-4-6-11(17)20-14(25)19-10(13(23)24)7-8-12(21)22/h10-11H,4-9H2,1-3H3,(H,18,26)(H,21,22)(H,23,24)(H2,19,20,25)/t10-,11-/m0/s1. The van der Waals surface area contributed by atoms with Crippen LogP contribution in [0.15, 0.2) is 0 Å². The van der Waals surface area contributed by atoms with Crippen molar-refractivity contribution < 1.29 is 38.5 Å². The molecule has 0 saturated carbocycles. The van der Waals surface area contributed by atoms with Crippen LogP contribution in [0, 0.1) is 0 Å². The molecule has 0 bridgehead atoms. The third-order valence-corrected chi connectivity index (χ3v) is 3.09. The average molecular weight is 393 g/mol. The Labute approximate surface area is 156 Å². The van der Waals surface area contributed by atoms with Crippen molar-refractivity contribution in [1.82, 2.24) is 16.0 Å². The van der Waals surface area contributed by atoms with E-state index < -0.39 is 48.4 Å². The molecular formula is C16H28FN3O7. The third-order valence-electron chi connectivity index (χ3n) is 3.09. The van der Waals surface area contributed by atoms with Gasteiger partial charge in [0, 0.05) is 13.0 Å². The van der Waals surface area contributed by atoms with Gasteiger partial charge >= 0.3 is 24.1 Å². The molecule has 0 aromatic heterocycles. The van der Waals surface area contributed by atoms with Gasteiger partial charge in [-0.15, -0.1) is 0 Å². The van der Waals surface area contributed by atoms with E-state index in [1.807, 2.05) is 10.6 Å². The Kier molecular flexibility index (Phi) is 10.8. The molecule has 0 aromatic rings. The van der Waals surface area contributed by atoms with E-state index in [0.29, 0.717) is 12.8 Å². The third kappa shape index (κ3) is 14.3. The van der Waals surface area contributed by atoms with Crippen molar-refractivity contribution in [3.63, 3.8) is 0 Å². The van der Waals surface area contributed by atoms with E-state index in [0.717, 1.165) is 0 Å². The van der Waals surface area contributed by atoms with E-state index in [4.69, 9.17) is 14.9 Å². The second-order valence-electron chi connectivity index (χ2n) is 6.83. The lowest BCUT2D eigenvalue weighted by molar-refractivity contribution is -0.140. The summed E-state index contributed by atoms with van der Waals surface area (Å²) in [6, 6.07) is -2.46. The fraction of sp³-hybridized carbons (Fsp3) is 0.750. The minimum absolute atomic E-state index is 0.0315. The molecule has 0 radical (unpaired) electrons. The molecule has 0 unspecified atom stereocenters. The molecular weight excluding hydrogens is 365 g/mol. The van der Waals surface area contributed by atoms with Gasteiger partial charge in [-0.25, -0.2) is 18.8 Å². The lowest BCUT2D eigenvalue weighted by atomic mass is 10.1. The number of aliphatic carboxylic acids is 2. The van der Waals surface area contributed by atoms with Crippen molar-refractivity contribution in [2.24, 2.45) is 0 Å². The first kappa shape index (κ1) is 24.4. The molecule has 0 saturated heterocycles. The number of rotatable bonds is 11. The number of carbonyl (C=O) groups excluding carboxylic acids is 2. The smallest absolute Gasteiger partial charge is 0.407 e. The average Bonchev–Trinajstić information content (AvgIpc) is 2.48. The van der Waals surface area contributed by atoms with E-state index in [-0.39, 0.29) is 19.4 Å². The molecule has 0 aliphatic heterocycles. The van der Waals surface area contributed by atoms with Crippen LogP contribution in [0.5, 0.6) is 0 Å². The minimum Gasteiger partial charge on any atom is -0.481 e. The van der Waals surface area contributed by atoms with Gasteiger partial charge in [-0.2, -0.15) is 0 Å². The molecule has 0 rings (SSSR count). The molecule has 156 valence electrons. The Bertz CT molecular complexity index is 523. The van der Waals surface area contributed by atoms with E-state index in [1.165, 1.54) is 0 Å². The first-order valence-electron chi connectivity index (χ1n) is 8.53. The highest BCUT2D eigenvalue weighted by Gasteiger charge is 2.22. The second-order valence-corrected chi connectivity index (χ2v) is 6.83. The predicted molar refractivity (Wildman–Crippen MR) is 92.9 cm³/mol. The summed E-state index contributed by atoms with van der Waals surface area (Å²) in [7, 11) is 0. The number of nitrogens with one attached hydrogen (secondary N) is 3. The van der Waals surface area contributed by atoms with Crippen molar-refractivity contribution in [2.75, 3.05) is 6.54 Å². The zero-order chi connectivity index (χ0) is 21.0. The maximum Gasteiger partial charge on any atom is 0.407 e. The zero-order valence-corrected chi connectivity index (χ0v) is 15.7. The molecule has 5 N–H and O–H groups in total. The van der Waals surface area contributed by atoms with Gasteiger partial charge in [0.05, 0.1) is 0 Å². The molecule has 0 spiro atoms. The molecule has 0 aromatic carbocycles. The summed E-state index contributed by atoms with van der Waals surface area (Å²) in [5.74, 6) is -2.61. The van der Waals surface area contributed by atoms with Gasteiger partial charge in [-0.05, 0) is 46.5 Å². The number of alkyl halides is 1. The Hall–Kier alpha value is -2.59. The number of carbonyl (C=O) groups is 4. The van der Waals surface area contributed by atoms with Crippen LogP contribution in [0.2, 0.25) is 0 Å². The van der Waals surface area contributed by atoms with Crippen LogP contribution in [0.25, 0.3) is 0 Å². The van der Waals surface area contributed by atoms with Crippen molar-refractivity contribution in [3.05, 3.63) is 0 Å². The van der Waals surface area contributed by atoms with Crippen LogP contribution in [-0.2, 0) is 14.3 Å². The largest absolute Gasteiger partial charge is 0.481 e. The highest BCUT2D eigenvalue weighted by molar-refractivity contribution is 5.83. The van der Waals surface area contributed by atoms with Gasteiger partial charge in [0.15, 0.2) is 6.30 Å². The normalized spacial score (nSPS) is 13.2. The molecule has 3 amide bonds. The summed E-state index contributed by atoms with van der Waals surface area (Å²) < 4.78 is 18.7. The molecule has 2 atom stereocenters. The lowest BCUT2D eigenvalue weighted by Gasteiger charge is -2.19. The summed E-state index contributed by atoms with van der Waals surface area (Å²) in [5.41, 5.74) is -0.607. The molecule has 0 heterocycles. The summed E-state index contributed by atoms with van der Waals surface area (Å²) in [5, 5.41) is 23.9. The minimum atomic E-state index is -1.71. The fourth-order valence-corrected chi connectivity index (χ4v) is 1.89. The fourth-order valence-electron chi connectivity index (χ4n) is 1.89. The monoisotopic (exact) mass is 393 g/mol. The molecule has 0 fully saturated rings. The number of ether oxygens (including phenoxy) is 1. The highest BCUT2D eigenvalue weighted by atomic mass is 19.1. The molecule has 11 heteroatoms. The predicted octanol–water partition coefficient (Wildman–Crippen LogP) is 1.59. The molecule has 10 nitrogen and oxygen atoms in total. The number of hydrogen-bond acceptors (Lipinski definition) is 5. The maximum absolute atomic E-state index is 13.7. The number of amides is 3. The summed E-state index contributed by atoms with van der Waals surface area (Å²) in [4.78, 5) is 44.4. The van der Waals surface area contributed by atoms with Crippen LogP contribution in [0.4, 0.5) is 14.0 Å². The van der Waals surface area contributed by atoms with Crippen molar-refractivity contribution in [3.8, 4) is 0 Å². The second kappa shape index (κ2) is 11.9. The Morgan fingerprint density at radius 3 is 2.19 bits per heavy atom. The number of hydrogen-bond donors (Lipinski definition) is 5. The molecule has 0 aliphatic rings. The first-order chi connectivity index (χ1) is 12.4. The van der Waals surface area contributed by atoms with Crippen molar-refractivity contribution >= 4 is 24.1 Å². The SMILES string of the molecule is CC(C)(C)OC(=O)NCCCC[C@@H](F)NC(=O)N[C@@H](CCC(=O)O)C(=O)O. The summed E-state index contributed by atoms with van der Waals surface area (Å²) in [6.45, 7) is 5.47. The van der Waals surface area contributed by atoms with Crippen LogP contribution in [0.1, 0.15) is 52.9 Å². The lowest BCUT2D eigenvalue weighted by Crippen LogP contribution is -2.48. The number of carboxylic acid groups (broad SMARTS) is 2. The van der Waals surface area contributed by atoms with E-state index in [1.54, 1.807) is 20.8 Å². The van der Waals surface area contributed by atoms with Crippen molar-refractivity contribution in [1.29, 1.82) is 0 Å². The first-order valence-corrected chi connectivity index (χ1v) is 8.53. The van der Waals surface area contributed by atoms with Gasteiger partial charge in [-0.3, -0.25) is 4.79 Å². The Morgan fingerprint density at radius 1 is 1.04 bits per heavy atom. The van der Waals surface area contributed by atoms with E-state index in [9.17, 15) is 23.6 Å². The maximum atomic E-state index is 13.7.